The van der Waals surface area contributed by atoms with Crippen LogP contribution in [0.4, 0.5) is 4.79 Å². The number of carbonyl (C=O) groups is 3. The van der Waals surface area contributed by atoms with Crippen molar-refractivity contribution in [2.45, 2.75) is 38.8 Å². The molecule has 0 unspecified atom stereocenters. The molecule has 1 aliphatic heterocycles. The standard InChI is InChI=1S/C21H29BrN2O7/c1-21(2,3)31-20(27)23-15(12-18(25)24-7-9-29-10-8-24)13-30-17-11-14(22)5-6-16(17)19(26)28-4/h5-6,11,15H,7-10,12-13H2,1-4H3,(H,23,27)/t15-/m0/s1. The zero-order valence-corrected chi connectivity index (χ0v) is 19.8. The molecule has 1 aromatic rings. The van der Waals surface area contributed by atoms with Gasteiger partial charge in [0.15, 0.2) is 0 Å². The van der Waals surface area contributed by atoms with Gasteiger partial charge in [-0.15, -0.1) is 0 Å². The number of methoxy groups -OCH3 is 1. The van der Waals surface area contributed by atoms with E-state index in [1.165, 1.54) is 7.11 Å². The molecule has 1 aromatic carbocycles. The lowest BCUT2D eigenvalue weighted by molar-refractivity contribution is -0.135. The summed E-state index contributed by atoms with van der Waals surface area (Å²) >= 11 is 3.35. The van der Waals surface area contributed by atoms with Gasteiger partial charge in [0, 0.05) is 17.6 Å². The van der Waals surface area contributed by atoms with E-state index >= 15 is 0 Å². The molecule has 1 atom stereocenters. The minimum absolute atomic E-state index is 0.0147. The molecule has 0 spiro atoms. The Morgan fingerprint density at radius 1 is 1.23 bits per heavy atom. The predicted molar refractivity (Wildman–Crippen MR) is 116 cm³/mol. The first-order valence-corrected chi connectivity index (χ1v) is 10.7. The number of nitrogens with zero attached hydrogens (tertiary/aromatic N) is 1. The van der Waals surface area contributed by atoms with Crippen LogP contribution in [0.5, 0.6) is 5.75 Å². The maximum Gasteiger partial charge on any atom is 0.408 e. The SMILES string of the molecule is COC(=O)c1ccc(Br)cc1OC[C@H](CC(=O)N1CCOCC1)NC(=O)OC(C)(C)C. The second-order valence-corrected chi connectivity index (χ2v) is 8.90. The number of esters is 1. The van der Waals surface area contributed by atoms with E-state index in [-0.39, 0.29) is 30.2 Å². The van der Waals surface area contributed by atoms with E-state index in [0.29, 0.717) is 30.8 Å². The molecule has 0 radical (unpaired) electrons. The first-order chi connectivity index (χ1) is 14.6. The van der Waals surface area contributed by atoms with Gasteiger partial charge in [0.25, 0.3) is 0 Å². The van der Waals surface area contributed by atoms with E-state index < -0.39 is 23.7 Å². The Hall–Kier alpha value is -2.33. The van der Waals surface area contributed by atoms with Crippen LogP contribution >= 0.6 is 15.9 Å². The molecule has 172 valence electrons. The lowest BCUT2D eigenvalue weighted by atomic mass is 10.1. The highest BCUT2D eigenvalue weighted by Crippen LogP contribution is 2.25. The second-order valence-electron chi connectivity index (χ2n) is 7.98. The van der Waals surface area contributed by atoms with Crippen LogP contribution < -0.4 is 10.1 Å². The van der Waals surface area contributed by atoms with Gasteiger partial charge >= 0.3 is 12.1 Å². The number of hydrogen-bond donors (Lipinski definition) is 1. The smallest absolute Gasteiger partial charge is 0.408 e. The summed E-state index contributed by atoms with van der Waals surface area (Å²) in [5.41, 5.74) is -0.451. The number of rotatable bonds is 7. The summed E-state index contributed by atoms with van der Waals surface area (Å²) in [7, 11) is 1.28. The largest absolute Gasteiger partial charge is 0.490 e. The number of hydrogen-bond acceptors (Lipinski definition) is 7. The quantitative estimate of drug-likeness (QED) is 0.574. The highest BCUT2D eigenvalue weighted by molar-refractivity contribution is 9.10. The number of benzene rings is 1. The third kappa shape index (κ3) is 8.37. The fraction of sp³-hybridized carbons (Fsp3) is 0.571. The van der Waals surface area contributed by atoms with Gasteiger partial charge in [0.05, 0.1) is 32.8 Å². The maximum atomic E-state index is 12.7. The normalized spacial score (nSPS) is 15.1. The Morgan fingerprint density at radius 3 is 2.52 bits per heavy atom. The lowest BCUT2D eigenvalue weighted by Crippen LogP contribution is -2.47. The number of morpholine rings is 1. The van der Waals surface area contributed by atoms with Crippen molar-refractivity contribution in [2.24, 2.45) is 0 Å². The van der Waals surface area contributed by atoms with Crippen LogP contribution in [-0.2, 0) is 19.0 Å². The summed E-state index contributed by atoms with van der Waals surface area (Å²) in [6.07, 6.45) is -0.640. The van der Waals surface area contributed by atoms with Crippen LogP contribution in [0.1, 0.15) is 37.6 Å². The Bertz CT molecular complexity index is 788. The van der Waals surface area contributed by atoms with Crippen molar-refractivity contribution in [3.05, 3.63) is 28.2 Å². The van der Waals surface area contributed by atoms with Gasteiger partial charge in [0.2, 0.25) is 5.91 Å². The van der Waals surface area contributed by atoms with Crippen molar-refractivity contribution in [1.82, 2.24) is 10.2 Å². The van der Waals surface area contributed by atoms with Crippen LogP contribution in [0.15, 0.2) is 22.7 Å². The molecule has 0 bridgehead atoms. The van der Waals surface area contributed by atoms with Gasteiger partial charge in [-0.2, -0.15) is 0 Å². The minimum atomic E-state index is -0.688. The number of alkyl carbamates (subject to hydrolysis) is 1. The maximum absolute atomic E-state index is 12.7. The third-order valence-corrected chi connectivity index (χ3v) is 4.79. The van der Waals surface area contributed by atoms with E-state index in [9.17, 15) is 14.4 Å². The third-order valence-electron chi connectivity index (χ3n) is 4.29. The number of amides is 2. The number of ether oxygens (including phenoxy) is 4. The molecule has 0 aliphatic carbocycles. The molecule has 1 heterocycles. The molecule has 10 heteroatoms. The molecule has 1 saturated heterocycles. The summed E-state index contributed by atoms with van der Waals surface area (Å²) in [6.45, 7) is 7.16. The van der Waals surface area contributed by atoms with Crippen molar-refractivity contribution < 1.29 is 33.3 Å². The first-order valence-electron chi connectivity index (χ1n) is 9.94. The Labute approximate surface area is 190 Å². The van der Waals surface area contributed by atoms with Crippen LogP contribution in [-0.4, -0.2) is 74.5 Å². The lowest BCUT2D eigenvalue weighted by Gasteiger charge is -2.29. The highest BCUT2D eigenvalue weighted by Gasteiger charge is 2.26. The molecule has 1 fully saturated rings. The Kier molecular flexibility index (Phi) is 9.12. The zero-order chi connectivity index (χ0) is 23.0. The molecule has 2 rings (SSSR count). The average Bonchev–Trinajstić information content (AvgIpc) is 2.70. The van der Waals surface area contributed by atoms with E-state index in [0.717, 1.165) is 0 Å². The fourth-order valence-corrected chi connectivity index (χ4v) is 3.20. The molecule has 9 nitrogen and oxygen atoms in total. The van der Waals surface area contributed by atoms with Gasteiger partial charge in [-0.3, -0.25) is 4.79 Å². The zero-order valence-electron chi connectivity index (χ0n) is 18.2. The van der Waals surface area contributed by atoms with Crippen LogP contribution in [0.3, 0.4) is 0 Å². The topological polar surface area (TPSA) is 103 Å². The van der Waals surface area contributed by atoms with Crippen LogP contribution in [0.25, 0.3) is 0 Å². The van der Waals surface area contributed by atoms with E-state index in [1.807, 2.05) is 0 Å². The summed E-state index contributed by atoms with van der Waals surface area (Å²) in [5, 5.41) is 2.70. The average molecular weight is 501 g/mol. The fourth-order valence-electron chi connectivity index (χ4n) is 2.86. The van der Waals surface area contributed by atoms with E-state index in [4.69, 9.17) is 18.9 Å². The summed E-state index contributed by atoms with van der Waals surface area (Å²) in [5.74, 6) is -0.407. The summed E-state index contributed by atoms with van der Waals surface area (Å²) < 4.78 is 21.9. The molecule has 2 amide bonds. The number of carbonyl (C=O) groups excluding carboxylic acids is 3. The summed E-state index contributed by atoms with van der Waals surface area (Å²) in [4.78, 5) is 38.7. The Morgan fingerprint density at radius 2 is 1.90 bits per heavy atom. The molecule has 1 N–H and O–H groups in total. The molecule has 0 aromatic heterocycles. The monoisotopic (exact) mass is 500 g/mol. The van der Waals surface area contributed by atoms with Crippen molar-refractivity contribution in [1.29, 1.82) is 0 Å². The first kappa shape index (κ1) is 24.9. The Balaban J connectivity index is 2.12. The number of nitrogens with one attached hydrogen (secondary N) is 1. The van der Waals surface area contributed by atoms with Gasteiger partial charge in [-0.1, -0.05) is 15.9 Å². The van der Waals surface area contributed by atoms with Gasteiger partial charge in [-0.25, -0.2) is 9.59 Å². The van der Waals surface area contributed by atoms with E-state index in [1.54, 1.807) is 43.9 Å². The van der Waals surface area contributed by atoms with Crippen LogP contribution in [0.2, 0.25) is 0 Å². The predicted octanol–water partition coefficient (Wildman–Crippen LogP) is 2.76. The van der Waals surface area contributed by atoms with Gasteiger partial charge in [0.1, 0.15) is 23.5 Å². The van der Waals surface area contributed by atoms with Crippen molar-refractivity contribution in [2.75, 3.05) is 40.0 Å². The van der Waals surface area contributed by atoms with Crippen molar-refractivity contribution in [3.63, 3.8) is 0 Å². The molecule has 0 saturated carbocycles. The molecular formula is C21H29BrN2O7. The summed E-state index contributed by atoms with van der Waals surface area (Å²) in [6, 6.07) is 4.22. The van der Waals surface area contributed by atoms with Crippen LogP contribution in [0, 0.1) is 0 Å². The molecule has 31 heavy (non-hydrogen) atoms. The second kappa shape index (κ2) is 11.3. The van der Waals surface area contributed by atoms with Crippen molar-refractivity contribution in [3.8, 4) is 5.75 Å². The minimum Gasteiger partial charge on any atom is -0.490 e. The highest BCUT2D eigenvalue weighted by atomic mass is 79.9. The van der Waals surface area contributed by atoms with Gasteiger partial charge in [-0.05, 0) is 39.0 Å². The molecule has 1 aliphatic rings. The molecular weight excluding hydrogens is 472 g/mol. The number of halogens is 1. The van der Waals surface area contributed by atoms with E-state index in [2.05, 4.69) is 21.2 Å². The van der Waals surface area contributed by atoms with Gasteiger partial charge < -0.3 is 29.2 Å². The van der Waals surface area contributed by atoms with Crippen molar-refractivity contribution >= 4 is 33.9 Å².